The molecule has 0 spiro atoms. The van der Waals surface area contributed by atoms with Gasteiger partial charge in [-0.05, 0) is 46.4 Å². The van der Waals surface area contributed by atoms with Crippen molar-refractivity contribution in [3.8, 4) is 0 Å². The van der Waals surface area contributed by atoms with Crippen LogP contribution >= 0.6 is 15.9 Å². The van der Waals surface area contributed by atoms with Crippen molar-refractivity contribution < 1.29 is 0 Å². The van der Waals surface area contributed by atoms with E-state index in [1.54, 1.807) is 0 Å². The molecule has 0 atom stereocenters. The van der Waals surface area contributed by atoms with Crippen LogP contribution in [0.3, 0.4) is 0 Å². The van der Waals surface area contributed by atoms with Gasteiger partial charge < -0.3 is 10.6 Å². The van der Waals surface area contributed by atoms with E-state index in [0.29, 0.717) is 6.54 Å². The third-order valence-electron chi connectivity index (χ3n) is 2.54. The lowest BCUT2D eigenvalue weighted by Gasteiger charge is -2.30. The van der Waals surface area contributed by atoms with Gasteiger partial charge >= 0.3 is 0 Å². The predicted octanol–water partition coefficient (Wildman–Crippen LogP) is 2.57. The molecular formula is C12H20BrN3. The van der Waals surface area contributed by atoms with Crippen LogP contribution in [0.1, 0.15) is 19.4 Å². The Labute approximate surface area is 106 Å². The third kappa shape index (κ3) is 3.46. The molecule has 1 aromatic rings. The molecule has 1 rings (SSSR count). The predicted molar refractivity (Wildman–Crippen MR) is 72.8 cm³/mol. The number of rotatable bonds is 4. The zero-order valence-corrected chi connectivity index (χ0v) is 12.0. The SMILES string of the molecule is Cc1cnc(N(C)CC(C)(C)CN)c(Br)c1. The van der Waals surface area contributed by atoms with Gasteiger partial charge in [0, 0.05) is 19.8 Å². The van der Waals surface area contributed by atoms with Gasteiger partial charge in [0.2, 0.25) is 0 Å². The molecule has 3 nitrogen and oxygen atoms in total. The first-order valence-corrected chi connectivity index (χ1v) is 6.18. The lowest BCUT2D eigenvalue weighted by Crippen LogP contribution is -2.37. The van der Waals surface area contributed by atoms with Crippen molar-refractivity contribution in [2.24, 2.45) is 11.1 Å². The zero-order chi connectivity index (χ0) is 12.3. The Hall–Kier alpha value is -0.610. The summed E-state index contributed by atoms with van der Waals surface area (Å²) < 4.78 is 1.03. The van der Waals surface area contributed by atoms with Crippen LogP contribution in [0, 0.1) is 12.3 Å². The lowest BCUT2D eigenvalue weighted by atomic mass is 9.93. The molecule has 0 aliphatic heterocycles. The molecule has 2 N–H and O–H groups in total. The van der Waals surface area contributed by atoms with Crippen molar-refractivity contribution in [3.05, 3.63) is 22.3 Å². The summed E-state index contributed by atoms with van der Waals surface area (Å²) in [5.74, 6) is 0.965. The second-order valence-electron chi connectivity index (χ2n) is 5.04. The number of aromatic nitrogens is 1. The van der Waals surface area contributed by atoms with Crippen LogP contribution < -0.4 is 10.6 Å². The summed E-state index contributed by atoms with van der Waals surface area (Å²) in [6.45, 7) is 7.90. The molecule has 4 heteroatoms. The summed E-state index contributed by atoms with van der Waals surface area (Å²) in [6.07, 6.45) is 1.88. The first-order chi connectivity index (χ1) is 7.35. The molecule has 0 aromatic carbocycles. The summed E-state index contributed by atoms with van der Waals surface area (Å²) in [6, 6.07) is 2.08. The second kappa shape index (κ2) is 5.15. The Balaban J connectivity index is 2.84. The number of hydrogen-bond donors (Lipinski definition) is 1. The van der Waals surface area contributed by atoms with Crippen molar-refractivity contribution in [1.29, 1.82) is 0 Å². The van der Waals surface area contributed by atoms with E-state index < -0.39 is 0 Å². The minimum atomic E-state index is 0.0980. The van der Waals surface area contributed by atoms with E-state index in [-0.39, 0.29) is 5.41 Å². The molecule has 0 aliphatic carbocycles. The molecule has 16 heavy (non-hydrogen) atoms. The molecular weight excluding hydrogens is 266 g/mol. The Morgan fingerprint density at radius 1 is 1.50 bits per heavy atom. The van der Waals surface area contributed by atoms with Gasteiger partial charge in [-0.25, -0.2) is 4.98 Å². The van der Waals surface area contributed by atoms with E-state index in [9.17, 15) is 0 Å². The van der Waals surface area contributed by atoms with Crippen molar-refractivity contribution in [2.75, 3.05) is 25.0 Å². The highest BCUT2D eigenvalue weighted by molar-refractivity contribution is 9.10. The molecule has 0 aliphatic rings. The van der Waals surface area contributed by atoms with E-state index in [1.165, 1.54) is 0 Å². The van der Waals surface area contributed by atoms with Crippen molar-refractivity contribution in [2.45, 2.75) is 20.8 Å². The van der Waals surface area contributed by atoms with E-state index in [2.05, 4.69) is 45.7 Å². The molecule has 0 amide bonds. The van der Waals surface area contributed by atoms with Gasteiger partial charge in [0.05, 0.1) is 4.47 Å². The first kappa shape index (κ1) is 13.5. The van der Waals surface area contributed by atoms with E-state index in [1.807, 2.05) is 20.2 Å². The summed E-state index contributed by atoms with van der Waals surface area (Å²) >= 11 is 3.54. The third-order valence-corrected chi connectivity index (χ3v) is 3.12. The van der Waals surface area contributed by atoms with Crippen LogP contribution in [-0.4, -0.2) is 25.1 Å². The zero-order valence-electron chi connectivity index (χ0n) is 10.4. The standard InChI is InChI=1S/C12H20BrN3/c1-9-5-10(13)11(15-6-9)16(4)8-12(2,3)7-14/h5-6H,7-8,14H2,1-4H3. The van der Waals surface area contributed by atoms with Crippen LogP contribution in [0.4, 0.5) is 5.82 Å². The lowest BCUT2D eigenvalue weighted by molar-refractivity contribution is 0.384. The minimum Gasteiger partial charge on any atom is -0.358 e. The number of aryl methyl sites for hydroxylation is 1. The normalized spacial score (nSPS) is 11.6. The van der Waals surface area contributed by atoms with Crippen LogP contribution in [0.2, 0.25) is 0 Å². The van der Waals surface area contributed by atoms with Crippen LogP contribution in [0.25, 0.3) is 0 Å². The Bertz CT molecular complexity index is 363. The summed E-state index contributed by atoms with van der Waals surface area (Å²) in [7, 11) is 2.04. The van der Waals surface area contributed by atoms with Crippen molar-refractivity contribution in [1.82, 2.24) is 4.98 Å². The average Bonchev–Trinajstić information content (AvgIpc) is 2.16. The van der Waals surface area contributed by atoms with E-state index in [0.717, 1.165) is 22.4 Å². The number of nitrogens with zero attached hydrogens (tertiary/aromatic N) is 2. The van der Waals surface area contributed by atoms with E-state index in [4.69, 9.17) is 5.73 Å². The van der Waals surface area contributed by atoms with Gasteiger partial charge in [-0.1, -0.05) is 13.8 Å². The smallest absolute Gasteiger partial charge is 0.142 e. The topological polar surface area (TPSA) is 42.2 Å². The fourth-order valence-electron chi connectivity index (χ4n) is 1.59. The van der Waals surface area contributed by atoms with Gasteiger partial charge in [0.1, 0.15) is 5.82 Å². The molecule has 0 saturated carbocycles. The Morgan fingerprint density at radius 3 is 2.62 bits per heavy atom. The number of halogens is 1. The van der Waals surface area contributed by atoms with Gasteiger partial charge in [-0.2, -0.15) is 0 Å². The summed E-state index contributed by atoms with van der Waals surface area (Å²) in [5, 5.41) is 0. The maximum Gasteiger partial charge on any atom is 0.142 e. The molecule has 1 heterocycles. The van der Waals surface area contributed by atoms with Gasteiger partial charge in [0.25, 0.3) is 0 Å². The van der Waals surface area contributed by atoms with Crippen LogP contribution in [0.15, 0.2) is 16.7 Å². The largest absolute Gasteiger partial charge is 0.358 e. The fraction of sp³-hybridized carbons (Fsp3) is 0.583. The van der Waals surface area contributed by atoms with Crippen LogP contribution in [0.5, 0.6) is 0 Å². The first-order valence-electron chi connectivity index (χ1n) is 5.39. The van der Waals surface area contributed by atoms with Crippen molar-refractivity contribution >= 4 is 21.7 Å². The molecule has 0 fully saturated rings. The average molecular weight is 286 g/mol. The number of pyridine rings is 1. The van der Waals surface area contributed by atoms with Crippen LogP contribution in [-0.2, 0) is 0 Å². The number of nitrogens with two attached hydrogens (primary N) is 1. The molecule has 1 aromatic heterocycles. The second-order valence-corrected chi connectivity index (χ2v) is 5.90. The Kier molecular flexibility index (Phi) is 4.33. The molecule has 90 valence electrons. The monoisotopic (exact) mass is 285 g/mol. The number of hydrogen-bond acceptors (Lipinski definition) is 3. The maximum absolute atomic E-state index is 5.74. The fourth-order valence-corrected chi connectivity index (χ4v) is 2.35. The molecule has 0 bridgehead atoms. The minimum absolute atomic E-state index is 0.0980. The summed E-state index contributed by atoms with van der Waals surface area (Å²) in [5.41, 5.74) is 6.99. The Morgan fingerprint density at radius 2 is 2.12 bits per heavy atom. The molecule has 0 radical (unpaired) electrons. The highest BCUT2D eigenvalue weighted by Crippen LogP contribution is 2.26. The number of anilines is 1. The highest BCUT2D eigenvalue weighted by Gasteiger charge is 2.20. The molecule has 0 saturated heterocycles. The maximum atomic E-state index is 5.74. The van der Waals surface area contributed by atoms with Gasteiger partial charge in [-0.15, -0.1) is 0 Å². The quantitative estimate of drug-likeness (QED) is 0.925. The summed E-state index contributed by atoms with van der Waals surface area (Å²) in [4.78, 5) is 6.57. The van der Waals surface area contributed by atoms with Gasteiger partial charge in [-0.3, -0.25) is 0 Å². The van der Waals surface area contributed by atoms with E-state index >= 15 is 0 Å². The highest BCUT2D eigenvalue weighted by atomic mass is 79.9. The van der Waals surface area contributed by atoms with Gasteiger partial charge in [0.15, 0.2) is 0 Å². The van der Waals surface area contributed by atoms with Crippen molar-refractivity contribution in [3.63, 3.8) is 0 Å². The molecule has 0 unspecified atom stereocenters.